The molecule has 2 N–H and O–H groups in total. The lowest BCUT2D eigenvalue weighted by Gasteiger charge is -2.37. The molecule has 0 bridgehead atoms. The highest BCUT2D eigenvalue weighted by Gasteiger charge is 2.24. The van der Waals surface area contributed by atoms with Crippen molar-refractivity contribution in [3.8, 4) is 0 Å². The number of amides is 1. The van der Waals surface area contributed by atoms with Gasteiger partial charge >= 0.3 is 0 Å². The molecule has 1 saturated heterocycles. The summed E-state index contributed by atoms with van der Waals surface area (Å²) in [7, 11) is 5.37. The van der Waals surface area contributed by atoms with Crippen molar-refractivity contribution in [3.05, 3.63) is 71.3 Å². The van der Waals surface area contributed by atoms with Gasteiger partial charge in [-0.25, -0.2) is 0 Å². The molecule has 1 fully saturated rings. The first-order chi connectivity index (χ1) is 16.0. The number of rotatable bonds is 8. The number of nitrogens with one attached hydrogen (secondary N) is 2. The summed E-state index contributed by atoms with van der Waals surface area (Å²) in [6.45, 7) is 6.18. The minimum atomic E-state index is 0. The second kappa shape index (κ2) is 14.3. The van der Waals surface area contributed by atoms with Gasteiger partial charge in [0, 0.05) is 39.8 Å². The highest BCUT2D eigenvalue weighted by Crippen LogP contribution is 2.26. The molecule has 1 unspecified atom stereocenters. The van der Waals surface area contributed by atoms with Gasteiger partial charge in [0.05, 0.1) is 6.04 Å². The van der Waals surface area contributed by atoms with Gasteiger partial charge in [0.2, 0.25) is 0 Å². The summed E-state index contributed by atoms with van der Waals surface area (Å²) < 4.78 is 0. The number of carbonyl (C=O) groups is 1. The Morgan fingerprint density at radius 1 is 1.09 bits per heavy atom. The van der Waals surface area contributed by atoms with Gasteiger partial charge in [0.1, 0.15) is 0 Å². The maximum Gasteiger partial charge on any atom is 0.253 e. The molecule has 2 aromatic carbocycles. The SMILES string of the molecule is CN=C(NCCc1cccc(C(=O)N(C)C)c1)NCC(c1ccccc1)N1CCC(C)CC1.I. The molecular weight excluding hydrogens is 537 g/mol. The first-order valence-corrected chi connectivity index (χ1v) is 12.0. The largest absolute Gasteiger partial charge is 0.356 e. The molecule has 0 radical (unpaired) electrons. The van der Waals surface area contributed by atoms with E-state index in [0.29, 0.717) is 6.04 Å². The van der Waals surface area contributed by atoms with Crippen LogP contribution in [-0.4, -0.2) is 69.0 Å². The molecule has 1 atom stereocenters. The summed E-state index contributed by atoms with van der Waals surface area (Å²) in [5.41, 5.74) is 3.20. The number of aliphatic imine (C=N–C) groups is 1. The monoisotopic (exact) mass is 577 g/mol. The topological polar surface area (TPSA) is 60.0 Å². The zero-order chi connectivity index (χ0) is 23.6. The van der Waals surface area contributed by atoms with Crippen LogP contribution in [0.15, 0.2) is 59.6 Å². The average Bonchev–Trinajstić information content (AvgIpc) is 2.84. The number of benzene rings is 2. The van der Waals surface area contributed by atoms with E-state index in [1.165, 1.54) is 18.4 Å². The van der Waals surface area contributed by atoms with Crippen molar-refractivity contribution >= 4 is 35.8 Å². The van der Waals surface area contributed by atoms with E-state index in [0.717, 1.165) is 55.6 Å². The van der Waals surface area contributed by atoms with Crippen LogP contribution in [0.4, 0.5) is 0 Å². The fraction of sp³-hybridized carbons (Fsp3) is 0.481. The Labute approximate surface area is 222 Å². The van der Waals surface area contributed by atoms with Crippen molar-refractivity contribution in [3.63, 3.8) is 0 Å². The fourth-order valence-electron chi connectivity index (χ4n) is 4.33. The van der Waals surface area contributed by atoms with E-state index in [9.17, 15) is 4.79 Å². The molecule has 0 aromatic heterocycles. The Kier molecular flexibility index (Phi) is 11.8. The van der Waals surface area contributed by atoms with Gasteiger partial charge in [0.15, 0.2) is 5.96 Å². The predicted octanol–water partition coefficient (Wildman–Crippen LogP) is 4.19. The van der Waals surface area contributed by atoms with Crippen LogP contribution in [0.25, 0.3) is 0 Å². The molecule has 1 amide bonds. The van der Waals surface area contributed by atoms with Crippen LogP contribution in [0.5, 0.6) is 0 Å². The molecule has 0 saturated carbocycles. The van der Waals surface area contributed by atoms with Crippen molar-refractivity contribution in [1.29, 1.82) is 0 Å². The molecule has 34 heavy (non-hydrogen) atoms. The first-order valence-electron chi connectivity index (χ1n) is 12.0. The molecule has 1 aliphatic heterocycles. The van der Waals surface area contributed by atoms with Crippen LogP contribution >= 0.6 is 24.0 Å². The Balaban J connectivity index is 0.00000408. The number of hydrogen-bond acceptors (Lipinski definition) is 3. The predicted molar refractivity (Wildman–Crippen MR) is 152 cm³/mol. The summed E-state index contributed by atoms with van der Waals surface area (Å²) in [5, 5.41) is 6.97. The van der Waals surface area contributed by atoms with Crippen LogP contribution in [0, 0.1) is 5.92 Å². The van der Waals surface area contributed by atoms with Crippen molar-refractivity contribution in [2.75, 3.05) is 47.3 Å². The third kappa shape index (κ3) is 8.27. The smallest absolute Gasteiger partial charge is 0.253 e. The van der Waals surface area contributed by atoms with E-state index in [1.807, 2.05) is 25.2 Å². The third-order valence-electron chi connectivity index (χ3n) is 6.42. The number of nitrogens with zero attached hydrogens (tertiary/aromatic N) is 3. The lowest BCUT2D eigenvalue weighted by atomic mass is 9.95. The van der Waals surface area contributed by atoms with Crippen LogP contribution in [0.1, 0.15) is 47.3 Å². The van der Waals surface area contributed by atoms with Gasteiger partial charge in [-0.3, -0.25) is 14.7 Å². The maximum atomic E-state index is 12.2. The van der Waals surface area contributed by atoms with Crippen LogP contribution < -0.4 is 10.6 Å². The van der Waals surface area contributed by atoms with Crippen LogP contribution in [0.2, 0.25) is 0 Å². The van der Waals surface area contributed by atoms with E-state index < -0.39 is 0 Å². The molecule has 6 nitrogen and oxygen atoms in total. The third-order valence-corrected chi connectivity index (χ3v) is 6.42. The van der Waals surface area contributed by atoms with Crippen LogP contribution in [0.3, 0.4) is 0 Å². The highest BCUT2D eigenvalue weighted by atomic mass is 127. The standard InChI is InChI=1S/C27H39N5O.HI/c1-21-14-17-32(18-15-21)25(23-10-6-5-7-11-23)20-30-27(28-2)29-16-13-22-9-8-12-24(19-22)26(33)31(3)4;/h5-12,19,21,25H,13-18,20H2,1-4H3,(H2,28,29,30);1H. The number of halogens is 1. The number of piperidine rings is 1. The molecule has 0 aliphatic carbocycles. The quantitative estimate of drug-likeness (QED) is 0.281. The van der Waals surface area contributed by atoms with Gasteiger partial charge in [-0.15, -0.1) is 24.0 Å². The Morgan fingerprint density at radius 3 is 2.44 bits per heavy atom. The van der Waals surface area contributed by atoms with Crippen LogP contribution in [-0.2, 0) is 6.42 Å². The molecule has 7 heteroatoms. The van der Waals surface area contributed by atoms with Gasteiger partial charge in [0.25, 0.3) is 5.91 Å². The van der Waals surface area contributed by atoms with E-state index in [1.54, 1.807) is 19.0 Å². The number of hydrogen-bond donors (Lipinski definition) is 2. The Bertz CT molecular complexity index is 910. The number of carbonyl (C=O) groups excluding carboxylic acids is 1. The lowest BCUT2D eigenvalue weighted by molar-refractivity contribution is 0.0827. The molecule has 0 spiro atoms. The fourth-order valence-corrected chi connectivity index (χ4v) is 4.33. The summed E-state index contributed by atoms with van der Waals surface area (Å²) in [6, 6.07) is 18.9. The van der Waals surface area contributed by atoms with Crippen molar-refractivity contribution in [2.24, 2.45) is 10.9 Å². The van der Waals surface area contributed by atoms with Gasteiger partial charge < -0.3 is 15.5 Å². The normalized spacial score (nSPS) is 15.8. The highest BCUT2D eigenvalue weighted by molar-refractivity contribution is 14.0. The number of likely N-dealkylation sites (tertiary alicyclic amines) is 1. The maximum absolute atomic E-state index is 12.2. The van der Waals surface area contributed by atoms with Crippen molar-refractivity contribution < 1.29 is 4.79 Å². The zero-order valence-corrected chi connectivity index (χ0v) is 23.3. The molecular formula is C27H40IN5O. The summed E-state index contributed by atoms with van der Waals surface area (Å²) in [4.78, 5) is 20.8. The summed E-state index contributed by atoms with van der Waals surface area (Å²) >= 11 is 0. The molecule has 186 valence electrons. The van der Waals surface area contributed by atoms with Crippen molar-refractivity contribution in [2.45, 2.75) is 32.2 Å². The van der Waals surface area contributed by atoms with Crippen molar-refractivity contribution in [1.82, 2.24) is 20.4 Å². The lowest BCUT2D eigenvalue weighted by Crippen LogP contribution is -2.45. The van der Waals surface area contributed by atoms with E-state index in [-0.39, 0.29) is 29.9 Å². The van der Waals surface area contributed by atoms with E-state index in [4.69, 9.17) is 0 Å². The number of guanidine groups is 1. The molecule has 1 aliphatic rings. The molecule has 1 heterocycles. The first kappa shape index (κ1) is 28.1. The van der Waals surface area contributed by atoms with Gasteiger partial charge in [-0.1, -0.05) is 49.4 Å². The van der Waals surface area contributed by atoms with Gasteiger partial charge in [-0.05, 0) is 61.5 Å². The minimum Gasteiger partial charge on any atom is -0.356 e. The van der Waals surface area contributed by atoms with Gasteiger partial charge in [-0.2, -0.15) is 0 Å². The summed E-state index contributed by atoms with van der Waals surface area (Å²) in [6.07, 6.45) is 3.33. The summed E-state index contributed by atoms with van der Waals surface area (Å²) in [5.74, 6) is 1.65. The van der Waals surface area contributed by atoms with E-state index in [2.05, 4.69) is 63.8 Å². The minimum absolute atomic E-state index is 0. The second-order valence-electron chi connectivity index (χ2n) is 9.17. The second-order valence-corrected chi connectivity index (χ2v) is 9.17. The molecule has 2 aromatic rings. The average molecular weight is 578 g/mol. The Morgan fingerprint density at radius 2 is 1.79 bits per heavy atom. The Hall–Kier alpha value is -2.13. The van der Waals surface area contributed by atoms with E-state index >= 15 is 0 Å². The zero-order valence-electron chi connectivity index (χ0n) is 21.0. The molecule has 3 rings (SSSR count).